The van der Waals surface area contributed by atoms with Crippen molar-refractivity contribution in [3.05, 3.63) is 29.8 Å². The van der Waals surface area contributed by atoms with Crippen LogP contribution in [0.3, 0.4) is 0 Å². The molecule has 0 bridgehead atoms. The molecule has 0 spiro atoms. The molecule has 0 saturated carbocycles. The fourth-order valence-corrected chi connectivity index (χ4v) is 2.19. The lowest BCUT2D eigenvalue weighted by Crippen LogP contribution is -2.03. The van der Waals surface area contributed by atoms with Crippen LogP contribution in [0, 0.1) is 0 Å². The maximum atomic E-state index is 11.1. The van der Waals surface area contributed by atoms with Crippen LogP contribution in [-0.4, -0.2) is 19.2 Å². The summed E-state index contributed by atoms with van der Waals surface area (Å²) < 4.78 is 10.6. The predicted octanol–water partition coefficient (Wildman–Crippen LogP) is 7.61. The molecule has 1 rings (SSSR count). The van der Waals surface area contributed by atoms with Gasteiger partial charge in [-0.2, -0.15) is 0 Å². The third kappa shape index (κ3) is 20.7. The van der Waals surface area contributed by atoms with Gasteiger partial charge in [-0.15, -0.1) is 0 Å². The van der Waals surface area contributed by atoms with E-state index in [0.29, 0.717) is 13.0 Å². The second-order valence-corrected chi connectivity index (χ2v) is 5.21. The maximum absolute atomic E-state index is 11.1. The average molecular weight is 383 g/mol. The molecule has 3 heteroatoms. The summed E-state index contributed by atoms with van der Waals surface area (Å²) in [6.45, 7) is 17.2. The summed E-state index contributed by atoms with van der Waals surface area (Å²) in [5.74, 6) is 0.863. The Morgan fingerprint density at radius 2 is 1.37 bits per heavy atom. The smallest absolute Gasteiger partial charge is 0.305 e. The number of benzene rings is 1. The highest BCUT2D eigenvalue weighted by molar-refractivity contribution is 5.69. The van der Waals surface area contributed by atoms with E-state index in [1.807, 2.05) is 60.6 Å². The lowest BCUT2D eigenvalue weighted by Gasteiger charge is -2.07. The minimum atomic E-state index is -0.0825. The van der Waals surface area contributed by atoms with Crippen LogP contribution < -0.4 is 4.74 Å². The first-order chi connectivity index (χ1) is 13.3. The molecule has 0 fully saturated rings. The third-order valence-electron chi connectivity index (χ3n) is 3.31. The molecule has 0 amide bonds. The first kappa shape index (κ1) is 30.2. The number of carbonyl (C=O) groups is 1. The molecule has 0 saturated heterocycles. The fourth-order valence-electron chi connectivity index (χ4n) is 2.19. The van der Waals surface area contributed by atoms with E-state index in [9.17, 15) is 4.79 Å². The van der Waals surface area contributed by atoms with E-state index in [0.717, 1.165) is 44.5 Å². The van der Waals surface area contributed by atoms with E-state index >= 15 is 0 Å². The van der Waals surface area contributed by atoms with E-state index in [1.165, 1.54) is 12.0 Å². The Bertz CT molecular complexity index is 385. The SMILES string of the molecule is CC.CC.CC.CCCc1ccc(OCCCCCCC(=O)OCC)cc1. The fraction of sp³-hybridized carbons (Fsp3) is 0.708. The molecule has 0 unspecified atom stereocenters. The zero-order valence-electron chi connectivity index (χ0n) is 19.4. The number of rotatable bonds is 11. The Labute approximate surface area is 169 Å². The Morgan fingerprint density at radius 3 is 1.89 bits per heavy atom. The predicted molar refractivity (Wildman–Crippen MR) is 120 cm³/mol. The van der Waals surface area contributed by atoms with Crippen LogP contribution in [0.4, 0.5) is 0 Å². The molecule has 0 radical (unpaired) electrons. The molecule has 0 aliphatic carbocycles. The lowest BCUT2D eigenvalue weighted by molar-refractivity contribution is -0.143. The van der Waals surface area contributed by atoms with Gasteiger partial charge in [0.15, 0.2) is 0 Å². The standard InChI is InChI=1S/C18H28O3.3C2H6/c1-3-9-16-11-13-17(14-12-16)21-15-8-6-5-7-10-18(19)20-4-2;3*1-2/h11-14H,3-10,15H2,1-2H3;3*1-2H3. The van der Waals surface area contributed by atoms with Gasteiger partial charge < -0.3 is 9.47 Å². The molecule has 0 N–H and O–H groups in total. The van der Waals surface area contributed by atoms with Gasteiger partial charge in [0, 0.05) is 6.42 Å². The summed E-state index contributed by atoms with van der Waals surface area (Å²) in [5, 5.41) is 0. The number of aryl methyl sites for hydroxylation is 1. The molecule has 0 atom stereocenters. The molecule has 3 nitrogen and oxygen atoms in total. The maximum Gasteiger partial charge on any atom is 0.305 e. The van der Waals surface area contributed by atoms with Crippen molar-refractivity contribution < 1.29 is 14.3 Å². The van der Waals surface area contributed by atoms with Crippen molar-refractivity contribution in [1.82, 2.24) is 0 Å². The van der Waals surface area contributed by atoms with Gasteiger partial charge in [0.1, 0.15) is 5.75 Å². The molecular formula is C24H46O3. The number of hydrogen-bond donors (Lipinski definition) is 0. The van der Waals surface area contributed by atoms with E-state index in [-0.39, 0.29) is 5.97 Å². The highest BCUT2D eigenvalue weighted by Gasteiger charge is 2.01. The number of hydrogen-bond acceptors (Lipinski definition) is 3. The zero-order chi connectivity index (χ0) is 21.3. The quantitative estimate of drug-likeness (QED) is 0.292. The topological polar surface area (TPSA) is 35.5 Å². The van der Waals surface area contributed by atoms with Crippen molar-refractivity contribution >= 4 is 5.97 Å². The average Bonchev–Trinajstić information content (AvgIpc) is 2.73. The summed E-state index contributed by atoms with van der Waals surface area (Å²) in [6, 6.07) is 8.37. The number of unbranched alkanes of at least 4 members (excludes halogenated alkanes) is 3. The van der Waals surface area contributed by atoms with E-state index < -0.39 is 0 Å². The van der Waals surface area contributed by atoms with Gasteiger partial charge in [-0.3, -0.25) is 4.79 Å². The molecule has 27 heavy (non-hydrogen) atoms. The molecule has 0 aliphatic rings. The van der Waals surface area contributed by atoms with E-state index in [1.54, 1.807) is 0 Å². The van der Waals surface area contributed by atoms with Crippen LogP contribution in [0.25, 0.3) is 0 Å². The highest BCUT2D eigenvalue weighted by atomic mass is 16.5. The van der Waals surface area contributed by atoms with Crippen LogP contribution in [0.2, 0.25) is 0 Å². The molecule has 1 aromatic carbocycles. The molecule has 0 heterocycles. The molecule has 0 aromatic heterocycles. The van der Waals surface area contributed by atoms with Crippen LogP contribution in [-0.2, 0) is 16.0 Å². The van der Waals surface area contributed by atoms with E-state index in [4.69, 9.17) is 9.47 Å². The number of carbonyl (C=O) groups excluding carboxylic acids is 1. The van der Waals surface area contributed by atoms with Crippen molar-refractivity contribution in [1.29, 1.82) is 0 Å². The van der Waals surface area contributed by atoms with Gasteiger partial charge in [-0.25, -0.2) is 0 Å². The first-order valence-electron chi connectivity index (χ1n) is 11.1. The lowest BCUT2D eigenvalue weighted by atomic mass is 10.1. The van der Waals surface area contributed by atoms with Gasteiger partial charge in [0.25, 0.3) is 0 Å². The van der Waals surface area contributed by atoms with Gasteiger partial charge in [0.2, 0.25) is 0 Å². The molecule has 160 valence electrons. The van der Waals surface area contributed by atoms with Crippen molar-refractivity contribution in [2.24, 2.45) is 0 Å². The summed E-state index contributed by atoms with van der Waals surface area (Å²) >= 11 is 0. The van der Waals surface area contributed by atoms with Gasteiger partial charge in [0.05, 0.1) is 13.2 Å². The minimum absolute atomic E-state index is 0.0825. The Morgan fingerprint density at radius 1 is 0.815 bits per heavy atom. The minimum Gasteiger partial charge on any atom is -0.494 e. The Hall–Kier alpha value is -1.51. The summed E-state index contributed by atoms with van der Waals surface area (Å²) in [5.41, 5.74) is 1.36. The summed E-state index contributed by atoms with van der Waals surface area (Å²) in [6.07, 6.45) is 6.91. The van der Waals surface area contributed by atoms with Crippen molar-refractivity contribution in [3.63, 3.8) is 0 Å². The van der Waals surface area contributed by atoms with Gasteiger partial charge in [-0.1, -0.05) is 79.9 Å². The highest BCUT2D eigenvalue weighted by Crippen LogP contribution is 2.14. The van der Waals surface area contributed by atoms with Crippen LogP contribution >= 0.6 is 0 Å². The summed E-state index contributed by atoms with van der Waals surface area (Å²) in [7, 11) is 0. The normalized spacial score (nSPS) is 8.74. The third-order valence-corrected chi connectivity index (χ3v) is 3.31. The van der Waals surface area contributed by atoms with Crippen LogP contribution in [0.15, 0.2) is 24.3 Å². The second-order valence-electron chi connectivity index (χ2n) is 5.21. The first-order valence-corrected chi connectivity index (χ1v) is 11.1. The Kier molecular flexibility index (Phi) is 29.9. The Balaban J connectivity index is -0.000000869. The van der Waals surface area contributed by atoms with Crippen molar-refractivity contribution in [2.75, 3.05) is 13.2 Å². The van der Waals surface area contributed by atoms with Crippen LogP contribution in [0.5, 0.6) is 5.75 Å². The monoisotopic (exact) mass is 382 g/mol. The summed E-state index contributed by atoms with van der Waals surface area (Å²) in [4.78, 5) is 11.1. The van der Waals surface area contributed by atoms with Crippen LogP contribution in [0.1, 0.15) is 99.5 Å². The number of esters is 1. The van der Waals surface area contributed by atoms with Crippen molar-refractivity contribution in [2.45, 2.75) is 100 Å². The van der Waals surface area contributed by atoms with E-state index in [2.05, 4.69) is 19.1 Å². The van der Waals surface area contributed by atoms with Gasteiger partial charge >= 0.3 is 5.97 Å². The molecule has 1 aromatic rings. The van der Waals surface area contributed by atoms with Gasteiger partial charge in [-0.05, 0) is 43.9 Å². The second kappa shape index (κ2) is 26.7. The molecule has 0 aliphatic heterocycles. The largest absolute Gasteiger partial charge is 0.494 e. The number of ether oxygens (including phenoxy) is 2. The molecular weight excluding hydrogens is 336 g/mol. The van der Waals surface area contributed by atoms with Crippen molar-refractivity contribution in [3.8, 4) is 5.75 Å². The zero-order valence-corrected chi connectivity index (χ0v) is 19.4.